The molecule has 0 unspecified atom stereocenters. The SMILES string of the molecule is COc1c(S(=O)(=O)Cl)ncc(C(F)F)c1Br. The van der Waals surface area contributed by atoms with E-state index in [9.17, 15) is 17.2 Å². The second-order valence-corrected chi connectivity index (χ2v) is 5.88. The monoisotopic (exact) mass is 335 g/mol. The predicted molar refractivity (Wildman–Crippen MR) is 56.5 cm³/mol. The van der Waals surface area contributed by atoms with Gasteiger partial charge in [-0.1, -0.05) is 0 Å². The van der Waals surface area contributed by atoms with Crippen molar-refractivity contribution in [3.63, 3.8) is 0 Å². The van der Waals surface area contributed by atoms with Gasteiger partial charge in [0.1, 0.15) is 0 Å². The third-order valence-corrected chi connectivity index (χ3v) is 3.65. The molecule has 1 aromatic heterocycles. The van der Waals surface area contributed by atoms with Crippen molar-refractivity contribution in [1.82, 2.24) is 4.98 Å². The molecule has 1 rings (SSSR count). The summed E-state index contributed by atoms with van der Waals surface area (Å²) in [5, 5.41) is -0.604. The van der Waals surface area contributed by atoms with E-state index in [4.69, 9.17) is 10.7 Å². The summed E-state index contributed by atoms with van der Waals surface area (Å²) < 4.78 is 51.6. The van der Waals surface area contributed by atoms with Gasteiger partial charge in [-0.15, -0.1) is 0 Å². The average Bonchev–Trinajstić information content (AvgIpc) is 2.15. The molecule has 9 heteroatoms. The Morgan fingerprint density at radius 1 is 1.56 bits per heavy atom. The van der Waals surface area contributed by atoms with Crippen molar-refractivity contribution >= 4 is 35.7 Å². The molecule has 0 aliphatic heterocycles. The molecule has 1 heterocycles. The third kappa shape index (κ3) is 2.61. The molecule has 0 aromatic carbocycles. The Kier molecular flexibility index (Phi) is 4.08. The summed E-state index contributed by atoms with van der Waals surface area (Å²) in [5.74, 6) is -0.340. The van der Waals surface area contributed by atoms with Crippen LogP contribution >= 0.6 is 26.6 Å². The molecule has 0 saturated carbocycles. The van der Waals surface area contributed by atoms with Crippen LogP contribution in [0.25, 0.3) is 0 Å². The fraction of sp³-hybridized carbons (Fsp3) is 0.286. The van der Waals surface area contributed by atoms with E-state index in [0.717, 1.165) is 13.3 Å². The summed E-state index contributed by atoms with van der Waals surface area (Å²) in [7, 11) is 2.05. The Bertz CT molecular complexity index is 509. The Hall–Kier alpha value is -0.470. The summed E-state index contributed by atoms with van der Waals surface area (Å²) in [5.41, 5.74) is -0.471. The van der Waals surface area contributed by atoms with Crippen LogP contribution in [0.4, 0.5) is 8.78 Å². The molecule has 0 saturated heterocycles. The van der Waals surface area contributed by atoms with Crippen molar-refractivity contribution < 1.29 is 21.9 Å². The highest BCUT2D eigenvalue weighted by molar-refractivity contribution is 9.10. The zero-order valence-corrected chi connectivity index (χ0v) is 10.9. The number of methoxy groups -OCH3 is 1. The van der Waals surface area contributed by atoms with E-state index in [1.165, 1.54) is 0 Å². The Morgan fingerprint density at radius 3 is 2.50 bits per heavy atom. The lowest BCUT2D eigenvalue weighted by Crippen LogP contribution is -2.03. The molecule has 0 atom stereocenters. The van der Waals surface area contributed by atoms with E-state index in [1.54, 1.807) is 0 Å². The van der Waals surface area contributed by atoms with Crippen LogP contribution in [-0.4, -0.2) is 20.5 Å². The molecule has 0 radical (unpaired) electrons. The lowest BCUT2D eigenvalue weighted by atomic mass is 10.3. The molecular weight excluding hydrogens is 332 g/mol. The molecule has 1 aromatic rings. The van der Waals surface area contributed by atoms with Crippen molar-refractivity contribution in [3.05, 3.63) is 16.2 Å². The van der Waals surface area contributed by atoms with Gasteiger partial charge < -0.3 is 4.74 Å². The minimum atomic E-state index is -4.15. The minimum absolute atomic E-state index is 0.181. The van der Waals surface area contributed by atoms with E-state index in [1.807, 2.05) is 0 Å². The molecule has 4 nitrogen and oxygen atoms in total. The van der Waals surface area contributed by atoms with Crippen LogP contribution < -0.4 is 4.74 Å². The number of pyridine rings is 1. The van der Waals surface area contributed by atoms with Gasteiger partial charge in [-0.05, 0) is 15.9 Å². The Balaban J connectivity index is 3.54. The van der Waals surface area contributed by atoms with Gasteiger partial charge in [-0.2, -0.15) is 0 Å². The molecule has 0 fully saturated rings. The van der Waals surface area contributed by atoms with Crippen molar-refractivity contribution in [2.75, 3.05) is 7.11 Å². The van der Waals surface area contributed by atoms with Gasteiger partial charge in [0.2, 0.25) is 5.03 Å². The van der Waals surface area contributed by atoms with Crippen molar-refractivity contribution in [2.45, 2.75) is 11.5 Å². The molecule has 0 aliphatic rings. The number of alkyl halides is 2. The molecule has 90 valence electrons. The number of aromatic nitrogens is 1. The van der Waals surface area contributed by atoms with Gasteiger partial charge in [0, 0.05) is 16.9 Å². The predicted octanol–water partition coefficient (Wildman–Crippen LogP) is 2.72. The first kappa shape index (κ1) is 13.6. The maximum absolute atomic E-state index is 12.5. The average molecular weight is 337 g/mol. The standard InChI is InChI=1S/C7H5BrClF2NO3S/c1-15-5-4(8)3(6(10)11)2-12-7(5)16(9,13)14/h2,6H,1H3. The largest absolute Gasteiger partial charge is 0.492 e. The van der Waals surface area contributed by atoms with Crippen LogP contribution in [-0.2, 0) is 9.05 Å². The van der Waals surface area contributed by atoms with Crippen LogP contribution in [0.15, 0.2) is 15.7 Å². The highest BCUT2D eigenvalue weighted by atomic mass is 79.9. The van der Waals surface area contributed by atoms with Gasteiger partial charge in [0.05, 0.1) is 17.1 Å². The molecule has 16 heavy (non-hydrogen) atoms. The van der Waals surface area contributed by atoms with Gasteiger partial charge >= 0.3 is 0 Å². The third-order valence-electron chi connectivity index (χ3n) is 1.64. The number of halogens is 4. The highest BCUT2D eigenvalue weighted by Crippen LogP contribution is 2.38. The zero-order chi connectivity index (χ0) is 12.5. The first-order chi connectivity index (χ1) is 7.29. The van der Waals surface area contributed by atoms with Crippen LogP contribution in [0.3, 0.4) is 0 Å². The van der Waals surface area contributed by atoms with Crippen molar-refractivity contribution in [1.29, 1.82) is 0 Å². The summed E-state index contributed by atoms with van der Waals surface area (Å²) in [6.45, 7) is 0. The lowest BCUT2D eigenvalue weighted by Gasteiger charge is -2.10. The van der Waals surface area contributed by atoms with Crippen molar-refractivity contribution in [3.8, 4) is 5.75 Å². The van der Waals surface area contributed by atoms with E-state index in [0.29, 0.717) is 0 Å². The van der Waals surface area contributed by atoms with Gasteiger partial charge in [-0.25, -0.2) is 22.2 Å². The van der Waals surface area contributed by atoms with Gasteiger partial charge in [-0.3, -0.25) is 0 Å². The van der Waals surface area contributed by atoms with Crippen molar-refractivity contribution in [2.24, 2.45) is 0 Å². The fourth-order valence-electron chi connectivity index (χ4n) is 0.971. The molecular formula is C7H5BrClF2NO3S. The smallest absolute Gasteiger partial charge is 0.282 e. The first-order valence-electron chi connectivity index (χ1n) is 3.74. The minimum Gasteiger partial charge on any atom is -0.492 e. The van der Waals surface area contributed by atoms with E-state index >= 15 is 0 Å². The topological polar surface area (TPSA) is 56.3 Å². The van der Waals surface area contributed by atoms with Crippen LogP contribution in [0.2, 0.25) is 0 Å². The number of hydrogen-bond donors (Lipinski definition) is 0. The number of rotatable bonds is 3. The quantitative estimate of drug-likeness (QED) is 0.796. The number of nitrogens with zero attached hydrogens (tertiary/aromatic N) is 1. The van der Waals surface area contributed by atoms with Gasteiger partial charge in [0.15, 0.2) is 5.75 Å². The highest BCUT2D eigenvalue weighted by Gasteiger charge is 2.25. The zero-order valence-electron chi connectivity index (χ0n) is 7.75. The number of ether oxygens (including phenoxy) is 1. The lowest BCUT2D eigenvalue weighted by molar-refractivity contribution is 0.149. The summed E-state index contributed by atoms with van der Waals surface area (Å²) in [4.78, 5) is 3.35. The maximum atomic E-state index is 12.5. The Morgan fingerprint density at radius 2 is 2.12 bits per heavy atom. The van der Waals surface area contributed by atoms with Crippen LogP contribution in [0.5, 0.6) is 5.75 Å². The van der Waals surface area contributed by atoms with Gasteiger partial charge in [0.25, 0.3) is 15.5 Å². The van der Waals surface area contributed by atoms with E-state index < -0.39 is 26.1 Å². The second kappa shape index (κ2) is 4.80. The number of hydrogen-bond acceptors (Lipinski definition) is 4. The van der Waals surface area contributed by atoms with E-state index in [-0.39, 0.29) is 10.2 Å². The first-order valence-corrected chi connectivity index (χ1v) is 6.84. The Labute approximate surface area is 103 Å². The second-order valence-electron chi connectivity index (χ2n) is 2.60. The molecule has 0 spiro atoms. The molecule has 0 bridgehead atoms. The molecule has 0 N–H and O–H groups in total. The molecule has 0 aliphatic carbocycles. The summed E-state index contributed by atoms with van der Waals surface area (Å²) in [6, 6.07) is 0. The summed E-state index contributed by atoms with van der Waals surface area (Å²) in [6.07, 6.45) is -2.07. The maximum Gasteiger partial charge on any atom is 0.282 e. The molecule has 0 amide bonds. The van der Waals surface area contributed by atoms with Crippen LogP contribution in [0.1, 0.15) is 12.0 Å². The van der Waals surface area contributed by atoms with Crippen LogP contribution in [0, 0.1) is 0 Å². The normalized spacial score (nSPS) is 11.9. The van der Waals surface area contributed by atoms with E-state index in [2.05, 4.69) is 25.7 Å². The fourth-order valence-corrected chi connectivity index (χ4v) is 2.64. The summed E-state index contributed by atoms with van der Waals surface area (Å²) >= 11 is 2.82.